The van der Waals surface area contributed by atoms with E-state index < -0.39 is 6.10 Å². The Balaban J connectivity index is 1.91. The number of carbonyl (C=O) groups excluding carboxylic acids is 1. The molecule has 0 aromatic heterocycles. The first kappa shape index (κ1) is 17.9. The predicted molar refractivity (Wildman–Crippen MR) is 88.4 cm³/mol. The van der Waals surface area contributed by atoms with E-state index in [1.165, 1.54) is 12.1 Å². The van der Waals surface area contributed by atoms with Gasteiger partial charge in [0.05, 0.1) is 12.6 Å². The fourth-order valence-corrected chi connectivity index (χ4v) is 2.45. The van der Waals surface area contributed by atoms with Gasteiger partial charge >= 0.3 is 0 Å². The highest BCUT2D eigenvalue weighted by molar-refractivity contribution is 5.78. The minimum Gasteiger partial charge on any atom is -0.387 e. The van der Waals surface area contributed by atoms with Crippen molar-refractivity contribution in [2.75, 3.05) is 13.1 Å². The van der Waals surface area contributed by atoms with Crippen LogP contribution in [0.4, 0.5) is 4.39 Å². The van der Waals surface area contributed by atoms with E-state index in [4.69, 9.17) is 0 Å². The van der Waals surface area contributed by atoms with Gasteiger partial charge in [-0.05, 0) is 43.4 Å². The van der Waals surface area contributed by atoms with Gasteiger partial charge in [-0.25, -0.2) is 4.39 Å². The number of aliphatic hydroxyl groups excluding tert-OH is 1. The number of amides is 1. The number of halogens is 1. The van der Waals surface area contributed by atoms with E-state index in [-0.39, 0.29) is 17.8 Å². The first-order valence-corrected chi connectivity index (χ1v) is 8.33. The quantitative estimate of drug-likeness (QED) is 0.773. The minimum absolute atomic E-state index is 0.00981. The molecule has 2 atom stereocenters. The van der Waals surface area contributed by atoms with Gasteiger partial charge in [0.2, 0.25) is 5.91 Å². The predicted octanol–water partition coefficient (Wildman–Crippen LogP) is 2.48. The van der Waals surface area contributed by atoms with Gasteiger partial charge in [0.1, 0.15) is 5.82 Å². The van der Waals surface area contributed by atoms with Crippen LogP contribution >= 0.6 is 0 Å². The Morgan fingerprint density at radius 2 is 1.91 bits per heavy atom. The molecule has 128 valence electrons. The molecule has 2 rings (SSSR count). The van der Waals surface area contributed by atoms with Crippen LogP contribution in [0, 0.1) is 11.7 Å². The number of hydrogen-bond acceptors (Lipinski definition) is 3. The molecule has 1 saturated carbocycles. The lowest BCUT2D eigenvalue weighted by Gasteiger charge is -2.26. The SMILES string of the molecule is CC(C)C(C)NC(=O)CN(CC(O)c1ccc(F)cc1)C1CC1. The van der Waals surface area contributed by atoms with Crippen molar-refractivity contribution in [1.82, 2.24) is 10.2 Å². The summed E-state index contributed by atoms with van der Waals surface area (Å²) in [5.41, 5.74) is 0.674. The molecule has 2 unspecified atom stereocenters. The van der Waals surface area contributed by atoms with Crippen molar-refractivity contribution >= 4 is 5.91 Å². The van der Waals surface area contributed by atoms with E-state index in [0.717, 1.165) is 12.8 Å². The zero-order valence-electron chi connectivity index (χ0n) is 14.1. The van der Waals surface area contributed by atoms with Crippen LogP contribution in [0.1, 0.15) is 45.3 Å². The van der Waals surface area contributed by atoms with Crippen molar-refractivity contribution in [3.63, 3.8) is 0 Å². The molecular formula is C18H27FN2O2. The average Bonchev–Trinajstić information content (AvgIpc) is 3.31. The summed E-state index contributed by atoms with van der Waals surface area (Å²) < 4.78 is 13.0. The van der Waals surface area contributed by atoms with Gasteiger partial charge in [-0.15, -0.1) is 0 Å². The highest BCUT2D eigenvalue weighted by atomic mass is 19.1. The molecule has 23 heavy (non-hydrogen) atoms. The van der Waals surface area contributed by atoms with Crippen LogP contribution in [0.3, 0.4) is 0 Å². The summed E-state index contributed by atoms with van der Waals surface area (Å²) in [6, 6.07) is 6.36. The largest absolute Gasteiger partial charge is 0.387 e. The second-order valence-corrected chi connectivity index (χ2v) is 6.83. The number of rotatable bonds is 8. The molecule has 1 aromatic carbocycles. The zero-order chi connectivity index (χ0) is 17.0. The number of aliphatic hydroxyl groups is 1. The van der Waals surface area contributed by atoms with Gasteiger partial charge in [-0.2, -0.15) is 0 Å². The molecule has 5 heteroatoms. The van der Waals surface area contributed by atoms with Crippen LogP contribution in [-0.4, -0.2) is 41.1 Å². The van der Waals surface area contributed by atoms with E-state index in [0.29, 0.717) is 30.6 Å². The van der Waals surface area contributed by atoms with Crippen molar-refractivity contribution in [3.05, 3.63) is 35.6 Å². The van der Waals surface area contributed by atoms with Crippen LogP contribution in [0.5, 0.6) is 0 Å². The first-order valence-electron chi connectivity index (χ1n) is 8.33. The Morgan fingerprint density at radius 1 is 1.30 bits per heavy atom. The molecule has 0 radical (unpaired) electrons. The average molecular weight is 322 g/mol. The highest BCUT2D eigenvalue weighted by Gasteiger charge is 2.32. The standard InChI is InChI=1S/C18H27FN2O2/c1-12(2)13(3)20-18(23)11-21(16-8-9-16)10-17(22)14-4-6-15(19)7-5-14/h4-7,12-13,16-17,22H,8-11H2,1-3H3,(H,20,23). The second-order valence-electron chi connectivity index (χ2n) is 6.83. The van der Waals surface area contributed by atoms with Gasteiger partial charge in [-0.3, -0.25) is 9.69 Å². The van der Waals surface area contributed by atoms with Gasteiger partial charge in [0, 0.05) is 18.6 Å². The third-order valence-electron chi connectivity index (χ3n) is 4.46. The topological polar surface area (TPSA) is 52.6 Å². The van der Waals surface area contributed by atoms with Gasteiger partial charge in [0.15, 0.2) is 0 Å². The molecule has 1 amide bonds. The molecule has 0 bridgehead atoms. The van der Waals surface area contributed by atoms with Gasteiger partial charge in [0.25, 0.3) is 0 Å². The van der Waals surface area contributed by atoms with Crippen LogP contribution in [-0.2, 0) is 4.79 Å². The summed E-state index contributed by atoms with van der Waals surface area (Å²) in [5.74, 6) is 0.0598. The Kier molecular flexibility index (Phi) is 6.13. The molecule has 0 spiro atoms. The number of hydrogen-bond donors (Lipinski definition) is 2. The lowest BCUT2D eigenvalue weighted by molar-refractivity contribution is -0.123. The van der Waals surface area contributed by atoms with Gasteiger partial charge < -0.3 is 10.4 Å². The van der Waals surface area contributed by atoms with Crippen molar-refractivity contribution in [1.29, 1.82) is 0 Å². The monoisotopic (exact) mass is 322 g/mol. The van der Waals surface area contributed by atoms with Gasteiger partial charge in [-0.1, -0.05) is 26.0 Å². The first-order chi connectivity index (χ1) is 10.9. The van der Waals surface area contributed by atoms with E-state index in [1.807, 2.05) is 11.8 Å². The maximum absolute atomic E-state index is 13.0. The summed E-state index contributed by atoms with van der Waals surface area (Å²) >= 11 is 0. The second kappa shape index (κ2) is 7.88. The Bertz CT molecular complexity index is 514. The smallest absolute Gasteiger partial charge is 0.234 e. The number of nitrogens with zero attached hydrogens (tertiary/aromatic N) is 1. The molecule has 1 fully saturated rings. The number of benzene rings is 1. The Hall–Kier alpha value is -1.46. The fraction of sp³-hybridized carbons (Fsp3) is 0.611. The van der Waals surface area contributed by atoms with E-state index in [1.54, 1.807) is 12.1 Å². The molecule has 0 aliphatic heterocycles. The molecule has 1 aromatic rings. The van der Waals surface area contributed by atoms with Crippen LogP contribution in [0.25, 0.3) is 0 Å². The molecule has 1 aliphatic carbocycles. The van der Waals surface area contributed by atoms with Crippen molar-refractivity contribution in [2.24, 2.45) is 5.92 Å². The molecule has 1 aliphatic rings. The third kappa shape index (κ3) is 5.59. The summed E-state index contributed by atoms with van der Waals surface area (Å²) in [6.45, 7) is 6.82. The lowest BCUT2D eigenvalue weighted by atomic mass is 10.1. The molecule has 4 nitrogen and oxygen atoms in total. The zero-order valence-corrected chi connectivity index (χ0v) is 14.1. The molecule has 0 saturated heterocycles. The normalized spacial score (nSPS) is 17.3. The van der Waals surface area contributed by atoms with Crippen LogP contribution in [0.2, 0.25) is 0 Å². The van der Waals surface area contributed by atoms with Crippen LogP contribution < -0.4 is 5.32 Å². The molecule has 0 heterocycles. The molecule has 2 N–H and O–H groups in total. The Labute approximate surface area is 137 Å². The van der Waals surface area contributed by atoms with Crippen molar-refractivity contribution in [3.8, 4) is 0 Å². The van der Waals surface area contributed by atoms with Crippen molar-refractivity contribution in [2.45, 2.75) is 51.8 Å². The van der Waals surface area contributed by atoms with E-state index in [9.17, 15) is 14.3 Å². The number of carbonyl (C=O) groups is 1. The van der Waals surface area contributed by atoms with E-state index in [2.05, 4.69) is 19.2 Å². The lowest BCUT2D eigenvalue weighted by Crippen LogP contribution is -2.44. The van der Waals surface area contributed by atoms with E-state index >= 15 is 0 Å². The summed E-state index contributed by atoms with van der Waals surface area (Å²) in [7, 11) is 0. The maximum atomic E-state index is 13.0. The fourth-order valence-electron chi connectivity index (χ4n) is 2.45. The summed E-state index contributed by atoms with van der Waals surface area (Å²) in [4.78, 5) is 14.2. The third-order valence-corrected chi connectivity index (χ3v) is 4.46. The summed E-state index contributed by atoms with van der Waals surface area (Å²) in [5, 5.41) is 13.3. The molecular weight excluding hydrogens is 295 g/mol. The minimum atomic E-state index is -0.716. The maximum Gasteiger partial charge on any atom is 0.234 e. The van der Waals surface area contributed by atoms with Crippen molar-refractivity contribution < 1.29 is 14.3 Å². The Morgan fingerprint density at radius 3 is 2.43 bits per heavy atom. The van der Waals surface area contributed by atoms with Crippen LogP contribution in [0.15, 0.2) is 24.3 Å². The highest BCUT2D eigenvalue weighted by Crippen LogP contribution is 2.28. The number of nitrogens with one attached hydrogen (secondary N) is 1. The summed E-state index contributed by atoms with van der Waals surface area (Å²) in [6.07, 6.45) is 1.40.